The summed E-state index contributed by atoms with van der Waals surface area (Å²) in [6, 6.07) is 16.6. The van der Waals surface area contributed by atoms with Crippen LogP contribution in [0.4, 0.5) is 5.69 Å². The van der Waals surface area contributed by atoms with Crippen molar-refractivity contribution in [3.63, 3.8) is 0 Å². The molecule has 2 aromatic carbocycles. The number of hydrogen-bond donors (Lipinski definition) is 2. The molecule has 0 bridgehead atoms. The number of carbonyl (C=O) groups is 1. The van der Waals surface area contributed by atoms with Crippen LogP contribution in [-0.4, -0.2) is 43.1 Å². The predicted octanol–water partition coefficient (Wildman–Crippen LogP) is 5.32. The van der Waals surface area contributed by atoms with Crippen LogP contribution in [0.3, 0.4) is 0 Å². The molecule has 0 unspecified atom stereocenters. The largest absolute Gasteiger partial charge is 0.367 e. The van der Waals surface area contributed by atoms with E-state index < -0.39 is 0 Å². The first-order valence-corrected chi connectivity index (χ1v) is 12.9. The SMILES string of the molecule is Cc1cccc2nc(-c3ccccc3)c(N3CCNCC3)c(C(=O)N[C@@H](C)C3CCCCC3)c12. The second-order valence-electron chi connectivity index (χ2n) is 9.92. The molecule has 2 aliphatic rings. The van der Waals surface area contributed by atoms with Gasteiger partial charge in [-0.1, -0.05) is 61.7 Å². The molecule has 3 aromatic rings. The summed E-state index contributed by atoms with van der Waals surface area (Å²) in [5.41, 5.74) is 5.68. The molecule has 1 aliphatic heterocycles. The number of fused-ring (bicyclic) bond motifs is 1. The molecule has 1 aromatic heterocycles. The summed E-state index contributed by atoms with van der Waals surface area (Å²) >= 11 is 0. The number of hydrogen-bond acceptors (Lipinski definition) is 4. The molecule has 2 heterocycles. The summed E-state index contributed by atoms with van der Waals surface area (Å²) in [4.78, 5) is 21.6. The van der Waals surface area contributed by atoms with E-state index in [2.05, 4.69) is 47.6 Å². The zero-order valence-corrected chi connectivity index (χ0v) is 20.4. The summed E-state index contributed by atoms with van der Waals surface area (Å²) < 4.78 is 0. The van der Waals surface area contributed by atoms with E-state index in [1.165, 1.54) is 32.1 Å². The molecule has 5 nitrogen and oxygen atoms in total. The molecule has 34 heavy (non-hydrogen) atoms. The van der Waals surface area contributed by atoms with E-state index in [0.717, 1.165) is 65.2 Å². The number of carbonyl (C=O) groups excluding carboxylic acids is 1. The minimum absolute atomic E-state index is 0.0329. The van der Waals surface area contributed by atoms with E-state index in [4.69, 9.17) is 4.98 Å². The molecule has 1 saturated carbocycles. The highest BCUT2D eigenvalue weighted by Crippen LogP contribution is 2.38. The monoisotopic (exact) mass is 456 g/mol. The second-order valence-corrected chi connectivity index (χ2v) is 9.92. The highest BCUT2D eigenvalue weighted by Gasteiger charge is 2.29. The third-order valence-electron chi connectivity index (χ3n) is 7.62. The van der Waals surface area contributed by atoms with Crippen LogP contribution in [0, 0.1) is 12.8 Å². The van der Waals surface area contributed by atoms with Crippen molar-refractivity contribution in [1.29, 1.82) is 0 Å². The Kier molecular flexibility index (Phi) is 6.82. The van der Waals surface area contributed by atoms with E-state index in [1.54, 1.807) is 0 Å². The quantitative estimate of drug-likeness (QED) is 0.546. The smallest absolute Gasteiger partial charge is 0.254 e. The van der Waals surface area contributed by atoms with E-state index in [9.17, 15) is 4.79 Å². The van der Waals surface area contributed by atoms with E-state index in [-0.39, 0.29) is 11.9 Å². The second kappa shape index (κ2) is 10.1. The van der Waals surface area contributed by atoms with Crippen LogP contribution < -0.4 is 15.5 Å². The number of rotatable bonds is 5. The Morgan fingerprint density at radius 1 is 1.03 bits per heavy atom. The minimum atomic E-state index is 0.0329. The van der Waals surface area contributed by atoms with Crippen molar-refractivity contribution in [3.05, 3.63) is 59.7 Å². The number of piperazine rings is 1. The Hall–Kier alpha value is -2.92. The van der Waals surface area contributed by atoms with Crippen molar-refractivity contribution in [2.24, 2.45) is 5.92 Å². The number of amides is 1. The van der Waals surface area contributed by atoms with Gasteiger partial charge >= 0.3 is 0 Å². The lowest BCUT2D eigenvalue weighted by Crippen LogP contribution is -2.45. The average molecular weight is 457 g/mol. The number of aromatic nitrogens is 1. The summed E-state index contributed by atoms with van der Waals surface area (Å²) in [7, 11) is 0. The molecular formula is C29H36N4O. The maximum atomic E-state index is 14.1. The Labute approximate surface area is 203 Å². The van der Waals surface area contributed by atoms with Gasteiger partial charge in [-0.2, -0.15) is 0 Å². The van der Waals surface area contributed by atoms with Gasteiger partial charge in [-0.15, -0.1) is 0 Å². The van der Waals surface area contributed by atoms with E-state index >= 15 is 0 Å². The Morgan fingerprint density at radius 2 is 1.76 bits per heavy atom. The van der Waals surface area contributed by atoms with Gasteiger partial charge in [0.15, 0.2) is 0 Å². The number of nitrogens with zero attached hydrogens (tertiary/aromatic N) is 2. The Bertz CT molecular complexity index is 1150. The Morgan fingerprint density at radius 3 is 2.50 bits per heavy atom. The third kappa shape index (κ3) is 4.54. The first kappa shape index (κ1) is 22.9. The normalized spacial score (nSPS) is 18.1. The number of pyridine rings is 1. The summed E-state index contributed by atoms with van der Waals surface area (Å²) in [6.45, 7) is 7.80. The van der Waals surface area contributed by atoms with Crippen molar-refractivity contribution in [3.8, 4) is 11.3 Å². The lowest BCUT2D eigenvalue weighted by molar-refractivity contribution is 0.0921. The highest BCUT2D eigenvalue weighted by molar-refractivity contribution is 6.14. The molecule has 5 rings (SSSR count). The van der Waals surface area contributed by atoms with Crippen LogP contribution in [0.2, 0.25) is 0 Å². The van der Waals surface area contributed by atoms with Crippen LogP contribution in [0.1, 0.15) is 54.9 Å². The van der Waals surface area contributed by atoms with Crippen molar-refractivity contribution < 1.29 is 4.79 Å². The lowest BCUT2D eigenvalue weighted by atomic mass is 9.84. The van der Waals surface area contributed by atoms with Crippen LogP contribution in [0.25, 0.3) is 22.2 Å². The molecule has 0 spiro atoms. The molecule has 0 radical (unpaired) electrons. The van der Waals surface area contributed by atoms with Crippen LogP contribution >= 0.6 is 0 Å². The first-order valence-electron chi connectivity index (χ1n) is 12.9. The fourth-order valence-electron chi connectivity index (χ4n) is 5.73. The molecule has 1 saturated heterocycles. The molecule has 1 aliphatic carbocycles. The average Bonchev–Trinajstić information content (AvgIpc) is 2.89. The van der Waals surface area contributed by atoms with E-state index in [0.29, 0.717) is 5.92 Å². The van der Waals surface area contributed by atoms with Crippen molar-refractivity contribution >= 4 is 22.5 Å². The minimum Gasteiger partial charge on any atom is -0.367 e. The lowest BCUT2D eigenvalue weighted by Gasteiger charge is -2.34. The standard InChI is InChI=1S/C29H36N4O/c1-20-10-9-15-24-25(20)26(29(34)31-21(2)22-11-5-3-6-12-22)28(33-18-16-30-17-19-33)27(32-24)23-13-7-4-8-14-23/h4,7-10,13-15,21-22,30H,3,5-6,11-12,16-19H2,1-2H3,(H,31,34)/t21-/m0/s1. The van der Waals surface area contributed by atoms with Gasteiger partial charge in [-0.25, -0.2) is 4.98 Å². The zero-order chi connectivity index (χ0) is 23.5. The highest BCUT2D eigenvalue weighted by atomic mass is 16.1. The van der Waals surface area contributed by atoms with Crippen LogP contribution in [0.5, 0.6) is 0 Å². The zero-order valence-electron chi connectivity index (χ0n) is 20.4. The molecule has 178 valence electrons. The number of benzene rings is 2. The molecule has 5 heteroatoms. The Balaban J connectivity index is 1.68. The van der Waals surface area contributed by atoms with Gasteiger partial charge in [-0.3, -0.25) is 4.79 Å². The molecule has 1 atom stereocenters. The van der Waals surface area contributed by atoms with Crippen LogP contribution in [0.15, 0.2) is 48.5 Å². The first-order chi connectivity index (χ1) is 16.6. The van der Waals surface area contributed by atoms with Gasteiger partial charge in [0.25, 0.3) is 5.91 Å². The fourth-order valence-corrected chi connectivity index (χ4v) is 5.73. The van der Waals surface area contributed by atoms with Crippen molar-refractivity contribution in [1.82, 2.24) is 15.6 Å². The molecule has 2 N–H and O–H groups in total. The summed E-state index contributed by atoms with van der Waals surface area (Å²) in [6.07, 6.45) is 6.27. The number of aryl methyl sites for hydroxylation is 1. The third-order valence-corrected chi connectivity index (χ3v) is 7.62. The maximum absolute atomic E-state index is 14.1. The van der Waals surface area contributed by atoms with Gasteiger partial charge in [-0.05, 0) is 44.2 Å². The maximum Gasteiger partial charge on any atom is 0.254 e. The van der Waals surface area contributed by atoms with Crippen molar-refractivity contribution in [2.75, 3.05) is 31.1 Å². The van der Waals surface area contributed by atoms with Gasteiger partial charge in [0.2, 0.25) is 0 Å². The summed E-state index contributed by atoms with van der Waals surface area (Å²) in [5, 5.41) is 7.86. The van der Waals surface area contributed by atoms with Gasteiger partial charge < -0.3 is 15.5 Å². The predicted molar refractivity (Wildman–Crippen MR) is 141 cm³/mol. The fraction of sp³-hybridized carbons (Fsp3) is 0.448. The van der Waals surface area contributed by atoms with Gasteiger partial charge in [0.1, 0.15) is 0 Å². The molecular weight excluding hydrogens is 420 g/mol. The number of anilines is 1. The van der Waals surface area contributed by atoms with Gasteiger partial charge in [0, 0.05) is 43.2 Å². The summed E-state index contributed by atoms with van der Waals surface area (Å²) in [5.74, 6) is 0.591. The van der Waals surface area contributed by atoms with Gasteiger partial charge in [0.05, 0.1) is 22.5 Å². The van der Waals surface area contributed by atoms with Crippen molar-refractivity contribution in [2.45, 2.75) is 52.0 Å². The topological polar surface area (TPSA) is 57.3 Å². The van der Waals surface area contributed by atoms with E-state index in [1.807, 2.05) is 30.3 Å². The number of nitrogens with one attached hydrogen (secondary N) is 2. The molecule has 2 fully saturated rings. The molecule has 1 amide bonds. The van der Waals surface area contributed by atoms with Crippen LogP contribution in [-0.2, 0) is 0 Å².